The van der Waals surface area contributed by atoms with Crippen LogP contribution < -0.4 is 5.32 Å². The first-order valence-corrected chi connectivity index (χ1v) is 5.76. The molecule has 1 fully saturated rings. The molecule has 1 saturated carbocycles. The van der Waals surface area contributed by atoms with Gasteiger partial charge in [-0.3, -0.25) is 0 Å². The van der Waals surface area contributed by atoms with Crippen LogP contribution in [-0.4, -0.2) is 22.6 Å². The standard InChI is InChI=1S/C12H21N3/c1-12(5-4-10(8-12)13-2)9-11-14-6-7-15(11)3/h6-7,10,13H,4-5,8-9H2,1-3H3. The summed E-state index contributed by atoms with van der Waals surface area (Å²) in [6.07, 6.45) is 8.92. The fraction of sp³-hybridized carbons (Fsp3) is 0.750. The Morgan fingerprint density at radius 1 is 1.67 bits per heavy atom. The minimum Gasteiger partial charge on any atom is -0.338 e. The summed E-state index contributed by atoms with van der Waals surface area (Å²) in [6, 6.07) is 0.704. The maximum atomic E-state index is 4.42. The summed E-state index contributed by atoms with van der Waals surface area (Å²) in [4.78, 5) is 4.42. The van der Waals surface area contributed by atoms with E-state index in [1.54, 1.807) is 0 Å². The number of hydrogen-bond donors (Lipinski definition) is 1. The zero-order valence-electron chi connectivity index (χ0n) is 9.95. The monoisotopic (exact) mass is 207 g/mol. The van der Waals surface area contributed by atoms with Gasteiger partial charge in [-0.05, 0) is 31.7 Å². The Kier molecular flexibility index (Phi) is 2.83. The molecule has 3 nitrogen and oxygen atoms in total. The van der Waals surface area contributed by atoms with Crippen LogP contribution in [0.4, 0.5) is 0 Å². The Labute approximate surface area is 91.9 Å². The molecule has 0 bridgehead atoms. The lowest BCUT2D eigenvalue weighted by Crippen LogP contribution is -2.25. The number of nitrogens with zero attached hydrogens (tertiary/aromatic N) is 2. The molecule has 0 aromatic carbocycles. The Hall–Kier alpha value is -0.830. The minimum absolute atomic E-state index is 0.437. The third-order valence-corrected chi connectivity index (χ3v) is 3.75. The summed E-state index contributed by atoms with van der Waals surface area (Å²) in [7, 11) is 4.15. The first-order valence-electron chi connectivity index (χ1n) is 5.76. The van der Waals surface area contributed by atoms with Crippen molar-refractivity contribution >= 4 is 0 Å². The van der Waals surface area contributed by atoms with Gasteiger partial charge in [0.25, 0.3) is 0 Å². The van der Waals surface area contributed by atoms with E-state index >= 15 is 0 Å². The highest BCUT2D eigenvalue weighted by Gasteiger charge is 2.35. The Morgan fingerprint density at radius 3 is 3.00 bits per heavy atom. The summed E-state index contributed by atoms with van der Waals surface area (Å²) < 4.78 is 2.14. The SMILES string of the molecule is CNC1CCC(C)(Cc2nccn2C)C1. The van der Waals surface area contributed by atoms with E-state index in [2.05, 4.69) is 35.9 Å². The first kappa shape index (κ1) is 10.7. The maximum absolute atomic E-state index is 4.42. The number of aryl methyl sites for hydroxylation is 1. The van der Waals surface area contributed by atoms with Crippen molar-refractivity contribution in [2.24, 2.45) is 12.5 Å². The van der Waals surface area contributed by atoms with Crippen molar-refractivity contribution in [1.82, 2.24) is 14.9 Å². The third-order valence-electron chi connectivity index (χ3n) is 3.75. The molecule has 1 aromatic heterocycles. The normalized spacial score (nSPS) is 31.0. The highest BCUT2D eigenvalue weighted by molar-refractivity contribution is 5.00. The van der Waals surface area contributed by atoms with Crippen molar-refractivity contribution in [3.8, 4) is 0 Å². The predicted molar refractivity (Wildman–Crippen MR) is 61.7 cm³/mol. The van der Waals surface area contributed by atoms with Crippen molar-refractivity contribution in [3.05, 3.63) is 18.2 Å². The summed E-state index contributed by atoms with van der Waals surface area (Å²) >= 11 is 0. The predicted octanol–water partition coefficient (Wildman–Crippen LogP) is 1.74. The van der Waals surface area contributed by atoms with E-state index in [-0.39, 0.29) is 0 Å². The van der Waals surface area contributed by atoms with Crippen molar-refractivity contribution in [1.29, 1.82) is 0 Å². The molecular formula is C12H21N3. The van der Waals surface area contributed by atoms with Crippen LogP contribution in [0, 0.1) is 5.41 Å². The largest absolute Gasteiger partial charge is 0.338 e. The van der Waals surface area contributed by atoms with E-state index < -0.39 is 0 Å². The van der Waals surface area contributed by atoms with Gasteiger partial charge in [-0.15, -0.1) is 0 Å². The van der Waals surface area contributed by atoms with Crippen LogP contribution in [0.2, 0.25) is 0 Å². The highest BCUT2D eigenvalue weighted by atomic mass is 15.0. The Morgan fingerprint density at radius 2 is 2.47 bits per heavy atom. The van der Waals surface area contributed by atoms with Gasteiger partial charge in [0.15, 0.2) is 0 Å². The number of imidazole rings is 1. The molecular weight excluding hydrogens is 186 g/mol. The van der Waals surface area contributed by atoms with Crippen molar-refractivity contribution in [3.63, 3.8) is 0 Å². The van der Waals surface area contributed by atoms with Crippen LogP contribution in [0.1, 0.15) is 32.0 Å². The smallest absolute Gasteiger partial charge is 0.108 e. The van der Waals surface area contributed by atoms with Gasteiger partial charge in [0.2, 0.25) is 0 Å². The average molecular weight is 207 g/mol. The molecule has 0 saturated heterocycles. The van der Waals surface area contributed by atoms with Crippen molar-refractivity contribution in [2.45, 2.75) is 38.6 Å². The molecule has 2 unspecified atom stereocenters. The van der Waals surface area contributed by atoms with Crippen LogP contribution in [0.15, 0.2) is 12.4 Å². The molecule has 2 atom stereocenters. The highest BCUT2D eigenvalue weighted by Crippen LogP contribution is 2.40. The van der Waals surface area contributed by atoms with Gasteiger partial charge in [0.05, 0.1) is 0 Å². The Bertz CT molecular complexity index is 331. The molecule has 84 valence electrons. The molecule has 0 radical (unpaired) electrons. The molecule has 0 aliphatic heterocycles. The van der Waals surface area contributed by atoms with E-state index in [9.17, 15) is 0 Å². The zero-order chi connectivity index (χ0) is 10.9. The molecule has 1 aromatic rings. The summed E-state index contributed by atoms with van der Waals surface area (Å²) in [5, 5.41) is 3.39. The van der Waals surface area contributed by atoms with Gasteiger partial charge in [0.1, 0.15) is 5.82 Å². The Balaban J connectivity index is 2.03. The number of nitrogens with one attached hydrogen (secondary N) is 1. The molecule has 1 heterocycles. The molecule has 0 amide bonds. The average Bonchev–Trinajstić information content (AvgIpc) is 2.75. The fourth-order valence-electron chi connectivity index (χ4n) is 2.68. The molecule has 1 aliphatic rings. The molecule has 3 heteroatoms. The van der Waals surface area contributed by atoms with Crippen molar-refractivity contribution < 1.29 is 0 Å². The lowest BCUT2D eigenvalue weighted by molar-refractivity contribution is 0.314. The van der Waals surface area contributed by atoms with Crippen LogP contribution in [0.3, 0.4) is 0 Å². The molecule has 2 rings (SSSR count). The van der Waals surface area contributed by atoms with Crippen LogP contribution >= 0.6 is 0 Å². The van der Waals surface area contributed by atoms with Crippen LogP contribution in [-0.2, 0) is 13.5 Å². The fourth-order valence-corrected chi connectivity index (χ4v) is 2.68. The van der Waals surface area contributed by atoms with Gasteiger partial charge >= 0.3 is 0 Å². The molecule has 1 aliphatic carbocycles. The molecule has 1 N–H and O–H groups in total. The number of aromatic nitrogens is 2. The second-order valence-corrected chi connectivity index (χ2v) is 5.17. The van der Waals surface area contributed by atoms with Crippen molar-refractivity contribution in [2.75, 3.05) is 7.05 Å². The molecule has 15 heavy (non-hydrogen) atoms. The second-order valence-electron chi connectivity index (χ2n) is 5.17. The number of hydrogen-bond acceptors (Lipinski definition) is 2. The molecule has 0 spiro atoms. The lowest BCUT2D eigenvalue weighted by Gasteiger charge is -2.23. The lowest BCUT2D eigenvalue weighted by atomic mass is 9.84. The van der Waals surface area contributed by atoms with Crippen LogP contribution in [0.5, 0.6) is 0 Å². The van der Waals surface area contributed by atoms with Gasteiger partial charge in [-0.2, -0.15) is 0 Å². The first-order chi connectivity index (χ1) is 7.13. The maximum Gasteiger partial charge on any atom is 0.108 e. The van der Waals surface area contributed by atoms with Gasteiger partial charge in [0, 0.05) is 31.9 Å². The van der Waals surface area contributed by atoms with Crippen LogP contribution in [0.25, 0.3) is 0 Å². The van der Waals surface area contributed by atoms with E-state index in [0.717, 1.165) is 6.42 Å². The van der Waals surface area contributed by atoms with E-state index in [4.69, 9.17) is 0 Å². The quantitative estimate of drug-likeness (QED) is 0.818. The summed E-state index contributed by atoms with van der Waals surface area (Å²) in [6.45, 7) is 2.39. The topological polar surface area (TPSA) is 29.9 Å². The van der Waals surface area contributed by atoms with Gasteiger partial charge < -0.3 is 9.88 Å². The second kappa shape index (κ2) is 3.97. The third kappa shape index (κ3) is 2.23. The summed E-state index contributed by atoms with van der Waals surface area (Å²) in [5.74, 6) is 1.22. The van der Waals surface area contributed by atoms with Gasteiger partial charge in [-0.1, -0.05) is 6.92 Å². The van der Waals surface area contributed by atoms with Gasteiger partial charge in [-0.25, -0.2) is 4.98 Å². The summed E-state index contributed by atoms with van der Waals surface area (Å²) in [5.41, 5.74) is 0.437. The van der Waals surface area contributed by atoms with E-state index in [0.29, 0.717) is 11.5 Å². The zero-order valence-corrected chi connectivity index (χ0v) is 9.95. The minimum atomic E-state index is 0.437. The van der Waals surface area contributed by atoms with E-state index in [1.165, 1.54) is 25.1 Å². The van der Waals surface area contributed by atoms with E-state index in [1.807, 2.05) is 12.4 Å². The number of rotatable bonds is 3.